The number of nitrogens with one attached hydrogen (secondary N) is 2. The van der Waals surface area contributed by atoms with E-state index in [0.29, 0.717) is 17.5 Å². The quantitative estimate of drug-likeness (QED) is 0.731. The van der Waals surface area contributed by atoms with Gasteiger partial charge in [0.15, 0.2) is 5.75 Å². The second kappa shape index (κ2) is 11.4. The predicted molar refractivity (Wildman–Crippen MR) is 126 cm³/mol. The zero-order chi connectivity index (χ0) is 19.3. The van der Waals surface area contributed by atoms with Crippen LogP contribution in [0.2, 0.25) is 0 Å². The molecule has 164 valence electrons. The smallest absolute Gasteiger partial charge is 0.322 e. The minimum Gasteiger partial charge on any atom is -0.455 e. The van der Waals surface area contributed by atoms with Gasteiger partial charge in [0.1, 0.15) is 5.75 Å². The van der Waals surface area contributed by atoms with Gasteiger partial charge in [-0.05, 0) is 49.7 Å². The summed E-state index contributed by atoms with van der Waals surface area (Å²) in [6, 6.07) is 16.0. The number of nitrogens with zero attached hydrogens (tertiary/aromatic N) is 2. The second-order valence-corrected chi connectivity index (χ2v) is 7.51. The van der Waals surface area contributed by atoms with Crippen LogP contribution < -0.4 is 15.4 Å². The summed E-state index contributed by atoms with van der Waals surface area (Å²) >= 11 is 0. The van der Waals surface area contributed by atoms with Gasteiger partial charge < -0.3 is 20.3 Å². The Kier molecular flexibility index (Phi) is 9.24. The number of aryl methyl sites for hydroxylation is 1. The van der Waals surface area contributed by atoms with Crippen molar-refractivity contribution in [2.24, 2.45) is 0 Å². The molecule has 2 aromatic carbocycles. The molecule has 0 radical (unpaired) electrons. The van der Waals surface area contributed by atoms with E-state index in [1.165, 1.54) is 6.42 Å². The molecule has 0 aliphatic carbocycles. The molecule has 2 heterocycles. The average Bonchev–Trinajstić information content (AvgIpc) is 3.24. The Balaban J connectivity index is 0.00000160. The second-order valence-electron chi connectivity index (χ2n) is 7.51. The SMILES string of the molecule is Cc1cccc(Oc2ccccc2NC(=O)N2CCN(C3CCNC3)CC2)c1.Cl.Cl. The molecular weight excluding hydrogens is 423 g/mol. The van der Waals surface area contributed by atoms with Gasteiger partial charge in [-0.3, -0.25) is 4.90 Å². The molecule has 2 aromatic rings. The highest BCUT2D eigenvalue weighted by Crippen LogP contribution is 2.30. The summed E-state index contributed by atoms with van der Waals surface area (Å²) in [5.74, 6) is 1.41. The van der Waals surface area contributed by atoms with Crippen LogP contribution in [0.4, 0.5) is 10.5 Å². The third-order valence-electron chi connectivity index (χ3n) is 5.50. The summed E-state index contributed by atoms with van der Waals surface area (Å²) in [5, 5.41) is 6.45. The van der Waals surface area contributed by atoms with Crippen molar-refractivity contribution in [1.29, 1.82) is 0 Å². The number of hydrogen-bond donors (Lipinski definition) is 2. The van der Waals surface area contributed by atoms with E-state index in [-0.39, 0.29) is 30.8 Å². The third kappa shape index (κ3) is 6.01. The van der Waals surface area contributed by atoms with E-state index in [4.69, 9.17) is 4.74 Å². The van der Waals surface area contributed by atoms with Crippen molar-refractivity contribution >= 4 is 36.5 Å². The van der Waals surface area contributed by atoms with E-state index >= 15 is 0 Å². The topological polar surface area (TPSA) is 56.8 Å². The molecule has 0 saturated carbocycles. The Labute approximate surface area is 190 Å². The van der Waals surface area contributed by atoms with Gasteiger partial charge in [-0.1, -0.05) is 24.3 Å². The van der Waals surface area contributed by atoms with Gasteiger partial charge in [0, 0.05) is 38.8 Å². The molecule has 6 nitrogen and oxygen atoms in total. The van der Waals surface area contributed by atoms with Crippen LogP contribution in [0.3, 0.4) is 0 Å². The van der Waals surface area contributed by atoms with Gasteiger partial charge in [-0.15, -0.1) is 24.8 Å². The lowest BCUT2D eigenvalue weighted by molar-refractivity contribution is 0.119. The summed E-state index contributed by atoms with van der Waals surface area (Å²) in [6.45, 7) is 7.57. The number of benzene rings is 2. The molecule has 4 rings (SSSR count). The standard InChI is InChI=1S/C22H28N4O2.2ClH/c1-17-5-4-6-19(15-17)28-21-8-3-2-7-20(21)24-22(27)26-13-11-25(12-14-26)18-9-10-23-16-18;;/h2-8,15,18,23H,9-14,16H2,1H3,(H,24,27);2*1H. The monoisotopic (exact) mass is 452 g/mol. The van der Waals surface area contributed by atoms with Crippen LogP contribution in [0.15, 0.2) is 48.5 Å². The van der Waals surface area contributed by atoms with Gasteiger partial charge in [-0.2, -0.15) is 0 Å². The molecule has 1 unspecified atom stereocenters. The number of carbonyl (C=O) groups is 1. The van der Waals surface area contributed by atoms with Gasteiger partial charge in [0.25, 0.3) is 0 Å². The van der Waals surface area contributed by atoms with Crippen molar-refractivity contribution in [2.45, 2.75) is 19.4 Å². The highest BCUT2D eigenvalue weighted by molar-refractivity contribution is 5.91. The molecule has 2 fully saturated rings. The Hall–Kier alpha value is -1.99. The van der Waals surface area contributed by atoms with E-state index in [1.807, 2.05) is 60.4 Å². The largest absolute Gasteiger partial charge is 0.455 e. The first-order chi connectivity index (χ1) is 13.7. The first-order valence-electron chi connectivity index (χ1n) is 10.0. The summed E-state index contributed by atoms with van der Waals surface area (Å²) in [6.07, 6.45) is 1.20. The Morgan fingerprint density at radius 3 is 2.53 bits per heavy atom. The van der Waals surface area contributed by atoms with Crippen molar-refractivity contribution in [3.63, 3.8) is 0 Å². The van der Waals surface area contributed by atoms with E-state index in [9.17, 15) is 4.79 Å². The number of piperazine rings is 1. The lowest BCUT2D eigenvalue weighted by Crippen LogP contribution is -2.53. The minimum atomic E-state index is -0.0653. The zero-order valence-corrected chi connectivity index (χ0v) is 18.8. The summed E-state index contributed by atoms with van der Waals surface area (Å²) in [7, 11) is 0. The number of para-hydroxylation sites is 2. The average molecular weight is 453 g/mol. The molecule has 2 N–H and O–H groups in total. The molecule has 0 spiro atoms. The number of ether oxygens (including phenoxy) is 1. The Morgan fingerprint density at radius 2 is 1.83 bits per heavy atom. The third-order valence-corrected chi connectivity index (χ3v) is 5.50. The fourth-order valence-electron chi connectivity index (χ4n) is 3.90. The lowest BCUT2D eigenvalue weighted by Gasteiger charge is -2.37. The highest BCUT2D eigenvalue weighted by atomic mass is 35.5. The van der Waals surface area contributed by atoms with E-state index in [0.717, 1.165) is 50.6 Å². The number of carbonyl (C=O) groups excluding carboxylic acids is 1. The van der Waals surface area contributed by atoms with Crippen LogP contribution in [-0.2, 0) is 0 Å². The van der Waals surface area contributed by atoms with Crippen LogP contribution >= 0.6 is 24.8 Å². The molecule has 8 heteroatoms. The fourth-order valence-corrected chi connectivity index (χ4v) is 3.90. The minimum absolute atomic E-state index is 0. The van der Waals surface area contributed by atoms with Crippen LogP contribution in [0, 0.1) is 6.92 Å². The van der Waals surface area contributed by atoms with Crippen molar-refractivity contribution in [2.75, 3.05) is 44.6 Å². The molecule has 2 aliphatic heterocycles. The molecule has 0 aromatic heterocycles. The molecule has 30 heavy (non-hydrogen) atoms. The van der Waals surface area contributed by atoms with Crippen LogP contribution in [0.25, 0.3) is 0 Å². The van der Waals surface area contributed by atoms with E-state index < -0.39 is 0 Å². The van der Waals surface area contributed by atoms with Crippen molar-refractivity contribution in [1.82, 2.24) is 15.1 Å². The predicted octanol–water partition coefficient (Wildman–Crippen LogP) is 4.14. The fraction of sp³-hybridized carbons (Fsp3) is 0.409. The van der Waals surface area contributed by atoms with Gasteiger partial charge in [0.05, 0.1) is 5.69 Å². The maximum Gasteiger partial charge on any atom is 0.322 e. The summed E-state index contributed by atoms with van der Waals surface area (Å²) in [5.41, 5.74) is 1.82. The number of urea groups is 1. The number of halogens is 2. The van der Waals surface area contributed by atoms with Gasteiger partial charge in [-0.25, -0.2) is 4.79 Å². The van der Waals surface area contributed by atoms with Crippen LogP contribution in [-0.4, -0.2) is 61.1 Å². The number of anilines is 1. The lowest BCUT2D eigenvalue weighted by atomic mass is 10.2. The van der Waals surface area contributed by atoms with E-state index in [1.54, 1.807) is 0 Å². The molecule has 2 aliphatic rings. The zero-order valence-electron chi connectivity index (χ0n) is 17.2. The Morgan fingerprint density at radius 1 is 1.07 bits per heavy atom. The van der Waals surface area contributed by atoms with Crippen molar-refractivity contribution < 1.29 is 9.53 Å². The van der Waals surface area contributed by atoms with Gasteiger partial charge in [0.2, 0.25) is 0 Å². The number of hydrogen-bond acceptors (Lipinski definition) is 4. The van der Waals surface area contributed by atoms with Crippen molar-refractivity contribution in [3.05, 3.63) is 54.1 Å². The molecule has 0 bridgehead atoms. The number of rotatable bonds is 4. The maximum atomic E-state index is 12.8. The normalized spacial score (nSPS) is 18.8. The molecule has 2 saturated heterocycles. The van der Waals surface area contributed by atoms with Crippen molar-refractivity contribution in [3.8, 4) is 11.5 Å². The highest BCUT2D eigenvalue weighted by Gasteiger charge is 2.28. The maximum absolute atomic E-state index is 12.8. The van der Waals surface area contributed by atoms with Crippen LogP contribution in [0.1, 0.15) is 12.0 Å². The molecule has 2 amide bonds. The number of amides is 2. The summed E-state index contributed by atoms with van der Waals surface area (Å²) in [4.78, 5) is 17.2. The van der Waals surface area contributed by atoms with Crippen LogP contribution in [0.5, 0.6) is 11.5 Å². The van der Waals surface area contributed by atoms with E-state index in [2.05, 4.69) is 15.5 Å². The first-order valence-corrected chi connectivity index (χ1v) is 10.0. The molecule has 1 atom stereocenters. The van der Waals surface area contributed by atoms with Gasteiger partial charge >= 0.3 is 6.03 Å². The Bertz CT molecular complexity index is 822. The molecular formula is C22H30Cl2N4O2. The summed E-state index contributed by atoms with van der Waals surface area (Å²) < 4.78 is 6.01. The first kappa shape index (κ1) is 24.3.